The Kier molecular flexibility index (Phi) is 24.2. The largest absolute Gasteiger partial charge is 0.483 e. The Labute approximate surface area is 264 Å². The van der Waals surface area contributed by atoms with Crippen LogP contribution >= 0.6 is 0 Å². The zero-order valence-electron chi connectivity index (χ0n) is 28.0. The van der Waals surface area contributed by atoms with E-state index in [9.17, 15) is 15.0 Å². The SMILES string of the molecule is C=CC(=O)OC(O)(CO)C(CCCCCCCCCCCCCCCCC)Oc1ccc(CCCCCCCCC)cc1. The number of ether oxygens (including phenoxy) is 2. The molecule has 248 valence electrons. The predicted octanol–water partition coefficient (Wildman–Crippen LogP) is 10.4. The van der Waals surface area contributed by atoms with Gasteiger partial charge in [0, 0.05) is 6.08 Å². The Morgan fingerprint density at radius 2 is 1.14 bits per heavy atom. The second-order valence-corrected chi connectivity index (χ2v) is 12.5. The van der Waals surface area contributed by atoms with E-state index in [4.69, 9.17) is 9.47 Å². The van der Waals surface area contributed by atoms with Crippen molar-refractivity contribution >= 4 is 5.97 Å². The number of aryl methyl sites for hydroxylation is 1. The summed E-state index contributed by atoms with van der Waals surface area (Å²) in [5.74, 6) is -2.32. The van der Waals surface area contributed by atoms with Gasteiger partial charge in [-0.05, 0) is 43.4 Å². The van der Waals surface area contributed by atoms with Crippen LogP contribution in [0.3, 0.4) is 0 Å². The van der Waals surface area contributed by atoms with Crippen molar-refractivity contribution in [3.8, 4) is 5.75 Å². The molecule has 1 rings (SSSR count). The second-order valence-electron chi connectivity index (χ2n) is 12.5. The molecule has 0 aromatic heterocycles. The maximum Gasteiger partial charge on any atom is 0.332 e. The number of aliphatic hydroxyl groups excluding tert-OH is 1. The van der Waals surface area contributed by atoms with E-state index in [0.717, 1.165) is 31.8 Å². The van der Waals surface area contributed by atoms with Crippen molar-refractivity contribution in [3.63, 3.8) is 0 Å². The summed E-state index contributed by atoms with van der Waals surface area (Å²) in [6.45, 7) is 7.19. The van der Waals surface area contributed by atoms with E-state index in [-0.39, 0.29) is 0 Å². The molecule has 1 aromatic rings. The molecule has 2 N–H and O–H groups in total. The van der Waals surface area contributed by atoms with Gasteiger partial charge in [0.2, 0.25) is 0 Å². The summed E-state index contributed by atoms with van der Waals surface area (Å²) in [6, 6.07) is 7.93. The summed E-state index contributed by atoms with van der Waals surface area (Å²) >= 11 is 0. The number of rotatable bonds is 30. The quantitative estimate of drug-likeness (QED) is 0.0396. The van der Waals surface area contributed by atoms with Crippen LogP contribution < -0.4 is 4.74 Å². The van der Waals surface area contributed by atoms with Gasteiger partial charge in [-0.2, -0.15) is 0 Å². The molecule has 1 aromatic carbocycles. The molecule has 0 bridgehead atoms. The average molecular weight is 603 g/mol. The molecule has 43 heavy (non-hydrogen) atoms. The van der Waals surface area contributed by atoms with Gasteiger partial charge >= 0.3 is 5.97 Å². The number of benzene rings is 1. The van der Waals surface area contributed by atoms with E-state index in [1.165, 1.54) is 128 Å². The van der Waals surface area contributed by atoms with Gasteiger partial charge in [-0.1, -0.05) is 161 Å². The van der Waals surface area contributed by atoms with Crippen LogP contribution in [0.2, 0.25) is 0 Å². The number of esters is 1. The van der Waals surface area contributed by atoms with E-state index >= 15 is 0 Å². The first-order valence-corrected chi connectivity index (χ1v) is 17.9. The van der Waals surface area contributed by atoms with Crippen LogP contribution in [-0.2, 0) is 16.0 Å². The molecule has 0 radical (unpaired) electrons. The van der Waals surface area contributed by atoms with E-state index in [1.54, 1.807) is 0 Å². The lowest BCUT2D eigenvalue weighted by atomic mass is 10.0. The molecule has 5 heteroatoms. The molecule has 5 nitrogen and oxygen atoms in total. The van der Waals surface area contributed by atoms with Crippen LogP contribution in [0.15, 0.2) is 36.9 Å². The maximum absolute atomic E-state index is 11.9. The number of carbonyl (C=O) groups excluding carboxylic acids is 1. The highest BCUT2D eigenvalue weighted by atomic mass is 16.7. The molecule has 2 unspecified atom stereocenters. The van der Waals surface area contributed by atoms with E-state index in [1.807, 2.05) is 12.1 Å². The molecule has 0 spiro atoms. The Morgan fingerprint density at radius 3 is 1.56 bits per heavy atom. The molecule has 0 fully saturated rings. The number of hydrogen-bond donors (Lipinski definition) is 2. The van der Waals surface area contributed by atoms with Crippen LogP contribution in [0.25, 0.3) is 0 Å². The van der Waals surface area contributed by atoms with Gasteiger partial charge in [-0.25, -0.2) is 4.79 Å². The fourth-order valence-electron chi connectivity index (χ4n) is 5.68. The van der Waals surface area contributed by atoms with Gasteiger partial charge in [-0.3, -0.25) is 0 Å². The third kappa shape index (κ3) is 19.9. The Hall–Kier alpha value is -1.85. The summed E-state index contributed by atoms with van der Waals surface area (Å²) in [6.07, 6.45) is 29.7. The van der Waals surface area contributed by atoms with Crippen molar-refractivity contribution in [1.29, 1.82) is 0 Å². The predicted molar refractivity (Wildman–Crippen MR) is 180 cm³/mol. The highest BCUT2D eigenvalue weighted by molar-refractivity contribution is 5.81. The Morgan fingerprint density at radius 1 is 0.721 bits per heavy atom. The summed E-state index contributed by atoms with van der Waals surface area (Å²) < 4.78 is 11.3. The van der Waals surface area contributed by atoms with Crippen molar-refractivity contribution in [2.45, 2.75) is 180 Å². The molecular weight excluding hydrogens is 536 g/mol. The molecule has 0 heterocycles. The fraction of sp³-hybridized carbons (Fsp3) is 0.763. The third-order valence-corrected chi connectivity index (χ3v) is 8.51. The first-order chi connectivity index (χ1) is 21.0. The number of hydrogen-bond acceptors (Lipinski definition) is 5. The smallest absolute Gasteiger partial charge is 0.332 e. The van der Waals surface area contributed by atoms with Gasteiger partial charge < -0.3 is 19.7 Å². The third-order valence-electron chi connectivity index (χ3n) is 8.51. The average Bonchev–Trinajstić information content (AvgIpc) is 3.02. The molecule has 0 saturated carbocycles. The van der Waals surface area contributed by atoms with Gasteiger partial charge in [0.1, 0.15) is 12.4 Å². The first-order valence-electron chi connectivity index (χ1n) is 17.9. The number of unbranched alkanes of at least 4 members (excludes halogenated alkanes) is 20. The fourth-order valence-corrected chi connectivity index (χ4v) is 5.68. The van der Waals surface area contributed by atoms with Gasteiger partial charge in [-0.15, -0.1) is 0 Å². The normalized spacial score (nSPS) is 13.4. The number of carbonyl (C=O) groups is 1. The second kappa shape index (κ2) is 26.5. The van der Waals surface area contributed by atoms with Crippen LogP contribution in [0.1, 0.15) is 167 Å². The zero-order chi connectivity index (χ0) is 31.4. The highest BCUT2D eigenvalue weighted by Gasteiger charge is 2.41. The van der Waals surface area contributed by atoms with Crippen molar-refractivity contribution in [2.24, 2.45) is 0 Å². The standard InChI is InChI=1S/C38H66O5/c1-4-7-9-11-13-14-15-16-17-18-19-20-22-24-26-28-36(38(41,33-39)43-37(40)6-3)42-35-31-29-34(30-32-35)27-25-23-21-12-10-8-5-2/h6,29-32,36,39,41H,3-5,7-28,33H2,1-2H3. The highest BCUT2D eigenvalue weighted by Crippen LogP contribution is 2.26. The van der Waals surface area contributed by atoms with E-state index < -0.39 is 24.5 Å². The number of aliphatic hydroxyl groups is 2. The molecular formula is C38H66O5. The van der Waals surface area contributed by atoms with E-state index in [2.05, 4.69) is 32.6 Å². The molecule has 2 atom stereocenters. The summed E-state index contributed by atoms with van der Waals surface area (Å²) in [4.78, 5) is 11.9. The van der Waals surface area contributed by atoms with Crippen molar-refractivity contribution < 1.29 is 24.5 Å². The molecule has 0 aliphatic carbocycles. The van der Waals surface area contributed by atoms with Crippen molar-refractivity contribution in [2.75, 3.05) is 6.61 Å². The monoisotopic (exact) mass is 602 g/mol. The van der Waals surface area contributed by atoms with E-state index in [0.29, 0.717) is 12.2 Å². The lowest BCUT2D eigenvalue weighted by molar-refractivity contribution is -0.254. The Balaban J connectivity index is 2.42. The molecule has 0 saturated heterocycles. The molecule has 0 aliphatic rings. The van der Waals surface area contributed by atoms with Gasteiger partial charge in [0.25, 0.3) is 5.79 Å². The minimum absolute atomic E-state index is 0.472. The molecule has 0 amide bonds. The Bertz CT molecular complexity index is 792. The van der Waals surface area contributed by atoms with Crippen molar-refractivity contribution in [3.05, 3.63) is 42.5 Å². The van der Waals surface area contributed by atoms with Gasteiger partial charge in [0.15, 0.2) is 6.10 Å². The molecule has 0 aliphatic heterocycles. The summed E-state index contributed by atoms with van der Waals surface area (Å²) in [7, 11) is 0. The zero-order valence-corrected chi connectivity index (χ0v) is 28.0. The summed E-state index contributed by atoms with van der Waals surface area (Å²) in [5.41, 5.74) is 1.26. The van der Waals surface area contributed by atoms with Crippen LogP contribution in [0.5, 0.6) is 5.75 Å². The lowest BCUT2D eigenvalue weighted by Gasteiger charge is -2.33. The van der Waals surface area contributed by atoms with Gasteiger partial charge in [0.05, 0.1) is 0 Å². The van der Waals surface area contributed by atoms with Crippen LogP contribution in [0, 0.1) is 0 Å². The van der Waals surface area contributed by atoms with Crippen LogP contribution in [0.4, 0.5) is 0 Å². The van der Waals surface area contributed by atoms with Crippen molar-refractivity contribution in [1.82, 2.24) is 0 Å². The first kappa shape index (κ1) is 39.2. The lowest BCUT2D eigenvalue weighted by Crippen LogP contribution is -2.52. The minimum Gasteiger partial charge on any atom is -0.483 e. The minimum atomic E-state index is -2.13. The summed E-state index contributed by atoms with van der Waals surface area (Å²) in [5, 5.41) is 21.1. The maximum atomic E-state index is 11.9. The van der Waals surface area contributed by atoms with Crippen LogP contribution in [-0.4, -0.2) is 34.7 Å². The topological polar surface area (TPSA) is 76.0 Å².